The van der Waals surface area contributed by atoms with Crippen molar-refractivity contribution in [3.05, 3.63) is 0 Å². The summed E-state index contributed by atoms with van der Waals surface area (Å²) in [6.45, 7) is 2.75. The van der Waals surface area contributed by atoms with E-state index in [9.17, 15) is 45.6 Å². The van der Waals surface area contributed by atoms with Crippen LogP contribution in [0.3, 0.4) is 0 Å². The van der Waals surface area contributed by atoms with Crippen molar-refractivity contribution in [1.82, 2.24) is 5.32 Å². The molecule has 9 N–H and O–H groups in total. The van der Waals surface area contributed by atoms with Crippen molar-refractivity contribution in [3.63, 3.8) is 0 Å². The van der Waals surface area contributed by atoms with Gasteiger partial charge >= 0.3 is 0 Å². The molecule has 440 valence electrons. The summed E-state index contributed by atoms with van der Waals surface area (Å²) in [5, 5.41) is 86.4. The zero-order valence-electron chi connectivity index (χ0n) is 47.4. The molecule has 0 spiro atoms. The maximum Gasteiger partial charge on any atom is 0.220 e. The highest BCUT2D eigenvalue weighted by Gasteiger charge is 2.51. The molecule has 0 saturated carbocycles. The molecule has 2 rings (SSSR count). The molecule has 14 heteroatoms. The van der Waals surface area contributed by atoms with E-state index in [1.165, 1.54) is 205 Å². The highest BCUT2D eigenvalue weighted by atomic mass is 16.7. The lowest BCUT2D eigenvalue weighted by molar-refractivity contribution is -0.359. The van der Waals surface area contributed by atoms with Gasteiger partial charge in [-0.1, -0.05) is 264 Å². The van der Waals surface area contributed by atoms with Crippen LogP contribution in [0.15, 0.2) is 0 Å². The van der Waals surface area contributed by atoms with Crippen LogP contribution in [0.5, 0.6) is 0 Å². The molecule has 12 unspecified atom stereocenters. The normalized spacial score (nSPS) is 25.1. The van der Waals surface area contributed by atoms with Gasteiger partial charge in [-0.25, -0.2) is 0 Å². The summed E-state index contributed by atoms with van der Waals surface area (Å²) < 4.78 is 22.6. The minimum absolute atomic E-state index is 0.209. The highest BCUT2D eigenvalue weighted by Crippen LogP contribution is 2.30. The minimum Gasteiger partial charge on any atom is -0.394 e. The predicted octanol–water partition coefficient (Wildman–Crippen LogP) is 10.9. The maximum atomic E-state index is 13.1. The van der Waals surface area contributed by atoms with Crippen molar-refractivity contribution >= 4 is 5.91 Å². The van der Waals surface area contributed by atoms with Gasteiger partial charge < -0.3 is 65.1 Å². The highest BCUT2D eigenvalue weighted by molar-refractivity contribution is 5.76. The molecule has 0 radical (unpaired) electrons. The van der Waals surface area contributed by atoms with Crippen molar-refractivity contribution in [1.29, 1.82) is 0 Å². The summed E-state index contributed by atoms with van der Waals surface area (Å²) in [6.07, 6.45) is 36.8. The molecule has 2 heterocycles. The van der Waals surface area contributed by atoms with E-state index in [4.69, 9.17) is 18.9 Å². The number of amides is 1. The molecule has 0 bridgehead atoms. The van der Waals surface area contributed by atoms with E-state index in [1.54, 1.807) is 0 Å². The molecule has 0 aliphatic carbocycles. The Morgan fingerprint density at radius 3 is 1.15 bits per heavy atom. The Morgan fingerprint density at radius 2 is 0.770 bits per heavy atom. The van der Waals surface area contributed by atoms with E-state index in [0.717, 1.165) is 51.4 Å². The van der Waals surface area contributed by atoms with Crippen LogP contribution in [0, 0.1) is 0 Å². The Bertz CT molecular complexity index is 1250. The lowest BCUT2D eigenvalue weighted by Gasteiger charge is -2.46. The first-order valence-electron chi connectivity index (χ1n) is 31.3. The molecule has 74 heavy (non-hydrogen) atoms. The van der Waals surface area contributed by atoms with Crippen LogP contribution in [-0.4, -0.2) is 140 Å². The van der Waals surface area contributed by atoms with Crippen LogP contribution in [0.25, 0.3) is 0 Å². The summed E-state index contributed by atoms with van der Waals surface area (Å²) in [5.41, 5.74) is 0. The summed E-state index contributed by atoms with van der Waals surface area (Å²) in [6, 6.07) is -0.819. The molecule has 12 atom stereocenters. The summed E-state index contributed by atoms with van der Waals surface area (Å²) in [4.78, 5) is 13.1. The number of rotatable bonds is 51. The van der Waals surface area contributed by atoms with Crippen molar-refractivity contribution in [2.45, 2.75) is 357 Å². The third-order valence-electron chi connectivity index (χ3n) is 15.8. The Kier molecular flexibility index (Phi) is 43.8. The minimum atomic E-state index is -1.78. The van der Waals surface area contributed by atoms with Crippen molar-refractivity contribution in [2.24, 2.45) is 0 Å². The van der Waals surface area contributed by atoms with Crippen LogP contribution < -0.4 is 5.32 Å². The summed E-state index contributed by atoms with van der Waals surface area (Å²) in [5.74, 6) is -0.209. The first kappa shape index (κ1) is 69.1. The van der Waals surface area contributed by atoms with Gasteiger partial charge in [0, 0.05) is 6.42 Å². The third-order valence-corrected chi connectivity index (χ3v) is 15.8. The van der Waals surface area contributed by atoms with Crippen LogP contribution in [-0.2, 0) is 23.7 Å². The second kappa shape index (κ2) is 46.9. The van der Waals surface area contributed by atoms with Crippen LogP contribution in [0.2, 0.25) is 0 Å². The molecule has 2 aliphatic rings. The largest absolute Gasteiger partial charge is 0.394 e. The molecule has 2 aliphatic heterocycles. The van der Waals surface area contributed by atoms with Gasteiger partial charge in [-0.2, -0.15) is 0 Å². The van der Waals surface area contributed by atoms with Gasteiger partial charge in [0.1, 0.15) is 48.8 Å². The summed E-state index contributed by atoms with van der Waals surface area (Å²) in [7, 11) is 0. The molecule has 0 aromatic rings. The number of ether oxygens (including phenoxy) is 4. The average Bonchev–Trinajstić information content (AvgIpc) is 3.40. The first-order valence-corrected chi connectivity index (χ1v) is 31.3. The third kappa shape index (κ3) is 32.2. The fourth-order valence-corrected chi connectivity index (χ4v) is 10.8. The van der Waals surface area contributed by atoms with Crippen LogP contribution in [0.4, 0.5) is 0 Å². The molecule has 1 amide bonds. The number of nitrogens with one attached hydrogen (secondary N) is 1. The van der Waals surface area contributed by atoms with Crippen molar-refractivity contribution in [3.8, 4) is 0 Å². The molecular weight excluding hydrogens is 943 g/mol. The van der Waals surface area contributed by atoms with Gasteiger partial charge in [0.25, 0.3) is 0 Å². The Balaban J connectivity index is 1.45. The maximum absolute atomic E-state index is 13.1. The second-order valence-corrected chi connectivity index (χ2v) is 22.6. The Morgan fingerprint density at radius 1 is 0.432 bits per heavy atom. The average molecular weight is 1060 g/mol. The number of hydrogen-bond donors (Lipinski definition) is 9. The zero-order valence-corrected chi connectivity index (χ0v) is 47.4. The number of carbonyl (C=O) groups is 1. The fourth-order valence-electron chi connectivity index (χ4n) is 10.8. The molecule has 0 aromatic carbocycles. The van der Waals surface area contributed by atoms with Gasteiger partial charge in [0.2, 0.25) is 5.91 Å². The number of aliphatic hydroxyl groups is 8. The lowest BCUT2D eigenvalue weighted by atomic mass is 9.97. The van der Waals surface area contributed by atoms with E-state index < -0.39 is 86.8 Å². The van der Waals surface area contributed by atoms with Gasteiger partial charge in [-0.3, -0.25) is 4.79 Å². The quantitative estimate of drug-likeness (QED) is 0.0259. The van der Waals surface area contributed by atoms with Gasteiger partial charge in [0.05, 0.1) is 32.0 Å². The molecular formula is C60H117NO13. The van der Waals surface area contributed by atoms with E-state index in [2.05, 4.69) is 19.2 Å². The first-order chi connectivity index (χ1) is 36.1. The van der Waals surface area contributed by atoms with E-state index in [1.807, 2.05) is 0 Å². The van der Waals surface area contributed by atoms with E-state index in [-0.39, 0.29) is 12.5 Å². The van der Waals surface area contributed by atoms with E-state index in [0.29, 0.717) is 12.8 Å². The van der Waals surface area contributed by atoms with Crippen LogP contribution >= 0.6 is 0 Å². The van der Waals surface area contributed by atoms with E-state index >= 15 is 0 Å². The molecule has 14 nitrogen and oxygen atoms in total. The number of carbonyl (C=O) groups excluding carboxylic acids is 1. The fraction of sp³-hybridized carbons (Fsp3) is 0.983. The van der Waals surface area contributed by atoms with Gasteiger partial charge in [-0.05, 0) is 12.8 Å². The summed E-state index contributed by atoms with van der Waals surface area (Å²) >= 11 is 0. The topological polar surface area (TPSA) is 228 Å². The Hall–Kier alpha value is -1.01. The number of hydrogen-bond acceptors (Lipinski definition) is 13. The second-order valence-electron chi connectivity index (χ2n) is 22.6. The van der Waals surface area contributed by atoms with Gasteiger partial charge in [0.15, 0.2) is 12.6 Å². The smallest absolute Gasteiger partial charge is 0.220 e. The Labute approximate surface area is 451 Å². The molecule has 0 aromatic heterocycles. The number of unbranched alkanes of at least 4 members (excludes halogenated alkanes) is 38. The lowest BCUT2D eigenvalue weighted by Crippen LogP contribution is -2.65. The zero-order chi connectivity index (χ0) is 53.9. The van der Waals surface area contributed by atoms with Crippen molar-refractivity contribution < 1.29 is 64.6 Å². The van der Waals surface area contributed by atoms with Crippen molar-refractivity contribution in [2.75, 3.05) is 19.8 Å². The predicted molar refractivity (Wildman–Crippen MR) is 296 cm³/mol. The standard InChI is InChI=1S/C60H117NO13/c1-3-5-7-9-10-11-12-13-14-15-16-17-18-19-20-21-22-23-24-25-26-27-28-29-30-31-32-33-34-35-36-37-38-39-40-42-44-52(65)61-48(49(64)43-41-8-6-4-2)47-71-59-57(70)55(68)58(51(46-63)73-59)74-60-56(69)54(67)53(66)50(45-62)72-60/h48-51,53-60,62-64,66-70H,3-47H2,1-2H3,(H,61,65). The monoisotopic (exact) mass is 1060 g/mol. The molecule has 2 saturated heterocycles. The SMILES string of the molecule is CCCCCCCCCCCCCCCCCCCCCCCCCCCCCCCCCCCCCCC(=O)NC(COC1OC(CO)C(OC2OC(CO)C(O)C(O)C2O)C(O)C1O)C(O)CCCCCC. The van der Waals surface area contributed by atoms with Crippen LogP contribution in [0.1, 0.15) is 284 Å². The van der Waals surface area contributed by atoms with Gasteiger partial charge in [-0.15, -0.1) is 0 Å². The molecule has 2 fully saturated rings. The number of aliphatic hydroxyl groups excluding tert-OH is 8.